The van der Waals surface area contributed by atoms with Gasteiger partial charge in [0.1, 0.15) is 0 Å². The molecule has 50 heavy (non-hydrogen) atoms. The summed E-state index contributed by atoms with van der Waals surface area (Å²) in [7, 11) is 0. The minimum absolute atomic E-state index is 0.0191. The standard InChI is InChI=1S/C49H39N/c1-5-49(4)42-19-11-10-18-39(42)40-26-24-33(30-44(40)49)50-46-21-13-12-20-43(46)48(2,3)45-29-32(23-27-47(45)50)31-22-25-38-36-16-7-6-14-34(36)35-15-8-9-17-37(35)41(38)28-31/h6-30H,5H2,1-4H3. The van der Waals surface area contributed by atoms with E-state index in [9.17, 15) is 0 Å². The molecule has 0 bridgehead atoms. The first-order chi connectivity index (χ1) is 24.4. The van der Waals surface area contributed by atoms with Crippen molar-refractivity contribution in [2.24, 2.45) is 0 Å². The molecule has 0 fully saturated rings. The molecule has 1 nitrogen and oxygen atoms in total. The first-order valence-corrected chi connectivity index (χ1v) is 18.0. The second-order valence-corrected chi connectivity index (χ2v) is 15.0. The highest BCUT2D eigenvalue weighted by atomic mass is 15.2. The summed E-state index contributed by atoms with van der Waals surface area (Å²) in [5.74, 6) is 0. The van der Waals surface area contributed by atoms with Crippen LogP contribution in [0.1, 0.15) is 56.4 Å². The first-order valence-electron chi connectivity index (χ1n) is 18.0. The Balaban J connectivity index is 1.16. The van der Waals surface area contributed by atoms with E-state index in [4.69, 9.17) is 0 Å². The molecule has 1 heteroatoms. The van der Waals surface area contributed by atoms with Crippen molar-refractivity contribution in [1.82, 2.24) is 0 Å². The number of hydrogen-bond acceptors (Lipinski definition) is 1. The second kappa shape index (κ2) is 10.4. The van der Waals surface area contributed by atoms with Crippen molar-refractivity contribution >= 4 is 49.4 Å². The van der Waals surface area contributed by atoms with Gasteiger partial charge in [0.15, 0.2) is 0 Å². The first kappa shape index (κ1) is 29.3. The lowest BCUT2D eigenvalue weighted by Gasteiger charge is -2.42. The lowest BCUT2D eigenvalue weighted by atomic mass is 9.72. The molecular weight excluding hydrogens is 603 g/mol. The summed E-state index contributed by atoms with van der Waals surface area (Å²) >= 11 is 0. The lowest BCUT2D eigenvalue weighted by molar-refractivity contribution is 0.564. The van der Waals surface area contributed by atoms with E-state index in [0.29, 0.717) is 0 Å². The Morgan fingerprint density at radius 1 is 0.420 bits per heavy atom. The van der Waals surface area contributed by atoms with Gasteiger partial charge in [-0.1, -0.05) is 143 Å². The molecule has 0 amide bonds. The van der Waals surface area contributed by atoms with E-state index in [-0.39, 0.29) is 10.8 Å². The fourth-order valence-electron chi connectivity index (χ4n) is 9.34. The highest BCUT2D eigenvalue weighted by Gasteiger charge is 2.40. The molecule has 8 aromatic rings. The van der Waals surface area contributed by atoms with Crippen molar-refractivity contribution in [2.75, 3.05) is 4.90 Å². The van der Waals surface area contributed by atoms with Gasteiger partial charge >= 0.3 is 0 Å². The highest BCUT2D eigenvalue weighted by molar-refractivity contribution is 6.25. The molecule has 1 heterocycles. The Hall–Kier alpha value is -5.66. The third-order valence-corrected chi connectivity index (χ3v) is 12.2. The smallest absolute Gasteiger partial charge is 0.0503 e. The van der Waals surface area contributed by atoms with Crippen LogP contribution in [0.4, 0.5) is 17.1 Å². The summed E-state index contributed by atoms with van der Waals surface area (Å²) < 4.78 is 0. The maximum atomic E-state index is 2.51. The van der Waals surface area contributed by atoms with Gasteiger partial charge in [-0.25, -0.2) is 0 Å². The summed E-state index contributed by atoms with van der Waals surface area (Å²) in [6.07, 6.45) is 1.06. The second-order valence-electron chi connectivity index (χ2n) is 15.0. The molecule has 8 aromatic carbocycles. The number of benzene rings is 8. The summed E-state index contributed by atoms with van der Waals surface area (Å²) in [5.41, 5.74) is 14.3. The molecule has 0 spiro atoms. The van der Waals surface area contributed by atoms with Gasteiger partial charge in [-0.3, -0.25) is 0 Å². The van der Waals surface area contributed by atoms with Crippen LogP contribution in [-0.2, 0) is 10.8 Å². The van der Waals surface area contributed by atoms with Gasteiger partial charge in [0.2, 0.25) is 0 Å². The fourth-order valence-corrected chi connectivity index (χ4v) is 9.34. The molecule has 1 aliphatic carbocycles. The zero-order chi connectivity index (χ0) is 33.8. The van der Waals surface area contributed by atoms with Crippen LogP contribution in [0.5, 0.6) is 0 Å². The predicted molar refractivity (Wildman–Crippen MR) is 213 cm³/mol. The molecule has 0 saturated heterocycles. The minimum atomic E-state index is -0.177. The van der Waals surface area contributed by atoms with Gasteiger partial charge < -0.3 is 4.90 Å². The van der Waals surface area contributed by atoms with Crippen LogP contribution in [0.2, 0.25) is 0 Å². The van der Waals surface area contributed by atoms with Crippen molar-refractivity contribution in [3.05, 3.63) is 174 Å². The van der Waals surface area contributed by atoms with E-state index in [2.05, 4.69) is 184 Å². The SMILES string of the molecule is CCC1(C)c2ccccc2-c2ccc(N3c4ccccc4C(C)(C)c4cc(-c5ccc6c7ccccc7c7ccccc7c6c5)ccc43)cc21. The van der Waals surface area contributed by atoms with Gasteiger partial charge in [0.05, 0.1) is 11.4 Å². The summed E-state index contributed by atoms with van der Waals surface area (Å²) in [6, 6.07) is 57.1. The largest absolute Gasteiger partial charge is 0.310 e. The molecule has 240 valence electrons. The van der Waals surface area contributed by atoms with Gasteiger partial charge in [0, 0.05) is 16.5 Å². The molecule has 10 rings (SSSR count). The van der Waals surface area contributed by atoms with Crippen molar-refractivity contribution < 1.29 is 0 Å². The number of nitrogens with zero attached hydrogens (tertiary/aromatic N) is 1. The Morgan fingerprint density at radius 2 is 0.960 bits per heavy atom. The lowest BCUT2D eigenvalue weighted by Crippen LogP contribution is -2.30. The van der Waals surface area contributed by atoms with Crippen molar-refractivity contribution in [2.45, 2.75) is 44.9 Å². The maximum Gasteiger partial charge on any atom is 0.0503 e. The van der Waals surface area contributed by atoms with Crippen LogP contribution in [0, 0.1) is 0 Å². The number of anilines is 3. The molecule has 0 aromatic heterocycles. The van der Waals surface area contributed by atoms with Crippen LogP contribution in [0.15, 0.2) is 152 Å². The van der Waals surface area contributed by atoms with E-state index in [1.165, 1.54) is 93.9 Å². The number of rotatable bonds is 3. The minimum Gasteiger partial charge on any atom is -0.310 e. The van der Waals surface area contributed by atoms with E-state index in [0.717, 1.165) is 6.42 Å². The highest BCUT2D eigenvalue weighted by Crippen LogP contribution is 2.56. The van der Waals surface area contributed by atoms with Crippen LogP contribution in [-0.4, -0.2) is 0 Å². The molecule has 0 saturated carbocycles. The number of fused-ring (bicyclic) bond motifs is 11. The quantitative estimate of drug-likeness (QED) is 0.174. The van der Waals surface area contributed by atoms with Crippen LogP contribution in [0.25, 0.3) is 54.6 Å². The van der Waals surface area contributed by atoms with Gasteiger partial charge in [-0.15, -0.1) is 0 Å². The van der Waals surface area contributed by atoms with E-state index in [1.807, 2.05) is 0 Å². The Morgan fingerprint density at radius 3 is 1.68 bits per heavy atom. The molecular formula is C49H39N. The number of hydrogen-bond donors (Lipinski definition) is 0. The normalized spacial score (nSPS) is 17.1. The third-order valence-electron chi connectivity index (χ3n) is 12.2. The van der Waals surface area contributed by atoms with E-state index >= 15 is 0 Å². The Kier molecular flexibility index (Phi) is 6.10. The molecule has 1 atom stereocenters. The van der Waals surface area contributed by atoms with Crippen molar-refractivity contribution in [3.8, 4) is 22.3 Å². The average molecular weight is 642 g/mol. The summed E-state index contributed by atoms with van der Waals surface area (Å²) in [5, 5.41) is 7.84. The third kappa shape index (κ3) is 3.89. The van der Waals surface area contributed by atoms with E-state index in [1.54, 1.807) is 0 Å². The Labute approximate surface area is 294 Å². The Bertz CT molecular complexity index is 2660. The summed E-state index contributed by atoms with van der Waals surface area (Å²) in [4.78, 5) is 2.51. The zero-order valence-electron chi connectivity index (χ0n) is 29.1. The maximum absolute atomic E-state index is 2.51. The molecule has 0 radical (unpaired) electrons. The van der Waals surface area contributed by atoms with Crippen molar-refractivity contribution in [1.29, 1.82) is 0 Å². The topological polar surface area (TPSA) is 3.24 Å². The van der Waals surface area contributed by atoms with Gasteiger partial charge in [-0.05, 0) is 120 Å². The molecule has 2 aliphatic rings. The van der Waals surface area contributed by atoms with E-state index < -0.39 is 0 Å². The van der Waals surface area contributed by atoms with Crippen molar-refractivity contribution in [3.63, 3.8) is 0 Å². The van der Waals surface area contributed by atoms with Crippen LogP contribution in [0.3, 0.4) is 0 Å². The monoisotopic (exact) mass is 641 g/mol. The molecule has 1 unspecified atom stereocenters. The van der Waals surface area contributed by atoms with Gasteiger partial charge in [-0.2, -0.15) is 0 Å². The summed E-state index contributed by atoms with van der Waals surface area (Å²) in [6.45, 7) is 9.52. The predicted octanol–water partition coefficient (Wildman–Crippen LogP) is 13.6. The fraction of sp³-hybridized carbons (Fsp3) is 0.143. The molecule has 0 N–H and O–H groups in total. The zero-order valence-corrected chi connectivity index (χ0v) is 29.1. The number of para-hydroxylation sites is 1. The molecule has 1 aliphatic heterocycles. The average Bonchev–Trinajstić information content (AvgIpc) is 3.42. The van der Waals surface area contributed by atoms with Gasteiger partial charge in [0.25, 0.3) is 0 Å². The van der Waals surface area contributed by atoms with Crippen LogP contribution < -0.4 is 4.90 Å². The van der Waals surface area contributed by atoms with Crippen LogP contribution >= 0.6 is 0 Å².